The van der Waals surface area contributed by atoms with Crippen LogP contribution in [-0.2, 0) is 14.8 Å². The first-order chi connectivity index (χ1) is 12.9. The van der Waals surface area contributed by atoms with Crippen LogP contribution in [0.25, 0.3) is 0 Å². The van der Waals surface area contributed by atoms with Crippen molar-refractivity contribution in [3.63, 3.8) is 0 Å². The summed E-state index contributed by atoms with van der Waals surface area (Å²) in [7, 11) is -2.56. The zero-order valence-corrected chi connectivity index (χ0v) is 16.9. The number of benzene rings is 2. The first kappa shape index (κ1) is 21.1. The van der Waals surface area contributed by atoms with Crippen molar-refractivity contribution in [1.29, 1.82) is 0 Å². The highest BCUT2D eigenvalue weighted by Gasteiger charge is 2.29. The third-order valence-electron chi connectivity index (χ3n) is 3.88. The van der Waals surface area contributed by atoms with Crippen LogP contribution in [0.15, 0.2) is 53.4 Å². The van der Waals surface area contributed by atoms with Gasteiger partial charge in [0.1, 0.15) is 12.3 Å². The van der Waals surface area contributed by atoms with E-state index in [-0.39, 0.29) is 17.1 Å². The molecule has 0 bridgehead atoms. The van der Waals surface area contributed by atoms with Crippen molar-refractivity contribution >= 4 is 33.2 Å². The van der Waals surface area contributed by atoms with Crippen LogP contribution >= 0.6 is 11.6 Å². The van der Waals surface area contributed by atoms with E-state index in [0.717, 1.165) is 17.1 Å². The number of anilines is 1. The molecule has 0 heterocycles. The molecular weight excluding hydrogens is 388 g/mol. The topological polar surface area (TPSA) is 75.7 Å². The number of hydrogen-bond acceptors (Lipinski definition) is 4. The van der Waals surface area contributed by atoms with Gasteiger partial charge in [-0.3, -0.25) is 9.10 Å². The van der Waals surface area contributed by atoms with E-state index < -0.39 is 15.9 Å². The fraction of sp³-hybridized carbons (Fsp3) is 0.316. The first-order valence-electron chi connectivity index (χ1n) is 8.58. The molecule has 8 heteroatoms. The summed E-state index contributed by atoms with van der Waals surface area (Å²) in [4.78, 5) is 12.5. The van der Waals surface area contributed by atoms with Crippen molar-refractivity contribution in [2.75, 3.05) is 24.5 Å². The summed E-state index contributed by atoms with van der Waals surface area (Å²) >= 11 is 6.08. The molecule has 2 rings (SSSR count). The highest BCUT2D eigenvalue weighted by Crippen LogP contribution is 2.34. The molecular formula is C19H23ClN2O4S. The minimum absolute atomic E-state index is 0.0772. The lowest BCUT2D eigenvalue weighted by atomic mass is 10.3. The van der Waals surface area contributed by atoms with Gasteiger partial charge in [0.2, 0.25) is 5.91 Å². The zero-order valence-electron chi connectivity index (χ0n) is 15.3. The van der Waals surface area contributed by atoms with Gasteiger partial charge in [0, 0.05) is 11.6 Å². The average molecular weight is 411 g/mol. The molecule has 0 fully saturated rings. The van der Waals surface area contributed by atoms with Crippen molar-refractivity contribution in [1.82, 2.24) is 5.32 Å². The smallest absolute Gasteiger partial charge is 0.264 e. The SMILES string of the molecule is CCCCNC(=O)CN(c1cc(Cl)ccc1OC)S(=O)(=O)c1ccccc1. The van der Waals surface area contributed by atoms with E-state index >= 15 is 0 Å². The predicted molar refractivity (Wildman–Crippen MR) is 107 cm³/mol. The number of nitrogens with zero attached hydrogens (tertiary/aromatic N) is 1. The number of amides is 1. The lowest BCUT2D eigenvalue weighted by Gasteiger charge is -2.25. The van der Waals surface area contributed by atoms with Gasteiger partial charge in [-0.25, -0.2) is 8.42 Å². The van der Waals surface area contributed by atoms with Crippen molar-refractivity contribution < 1.29 is 17.9 Å². The maximum absolute atomic E-state index is 13.2. The van der Waals surface area contributed by atoms with E-state index in [9.17, 15) is 13.2 Å². The second kappa shape index (κ2) is 9.62. The molecule has 0 aliphatic heterocycles. The number of nitrogens with one attached hydrogen (secondary N) is 1. The number of unbranched alkanes of at least 4 members (excludes halogenated alkanes) is 1. The number of rotatable bonds is 9. The van der Waals surface area contributed by atoms with Gasteiger partial charge in [-0.05, 0) is 36.8 Å². The lowest BCUT2D eigenvalue weighted by molar-refractivity contribution is -0.119. The molecule has 0 aliphatic rings. The monoisotopic (exact) mass is 410 g/mol. The summed E-state index contributed by atoms with van der Waals surface area (Å²) in [6.45, 7) is 2.12. The van der Waals surface area contributed by atoms with E-state index in [2.05, 4.69) is 5.32 Å². The number of carbonyl (C=O) groups excluding carboxylic acids is 1. The molecule has 0 saturated carbocycles. The Morgan fingerprint density at radius 3 is 2.52 bits per heavy atom. The standard InChI is InChI=1S/C19H23ClN2O4S/c1-3-4-12-21-19(23)14-22(17-13-15(20)10-11-18(17)26-2)27(24,25)16-8-6-5-7-9-16/h5-11,13H,3-4,12,14H2,1-2H3,(H,21,23). The Morgan fingerprint density at radius 1 is 1.19 bits per heavy atom. The quantitative estimate of drug-likeness (QED) is 0.642. The highest BCUT2D eigenvalue weighted by atomic mass is 35.5. The molecule has 0 saturated heterocycles. The third kappa shape index (κ3) is 5.37. The minimum atomic E-state index is -4.00. The minimum Gasteiger partial charge on any atom is -0.495 e. The zero-order chi connectivity index (χ0) is 19.9. The van der Waals surface area contributed by atoms with E-state index in [1.807, 2.05) is 6.92 Å². The number of hydrogen-bond donors (Lipinski definition) is 1. The van der Waals surface area contributed by atoms with Crippen molar-refractivity contribution in [2.45, 2.75) is 24.7 Å². The van der Waals surface area contributed by atoms with Gasteiger partial charge in [0.15, 0.2) is 0 Å². The van der Waals surface area contributed by atoms with Gasteiger partial charge in [-0.2, -0.15) is 0 Å². The van der Waals surface area contributed by atoms with Crippen LogP contribution in [0.2, 0.25) is 5.02 Å². The highest BCUT2D eigenvalue weighted by molar-refractivity contribution is 7.92. The van der Waals surface area contributed by atoms with E-state index in [0.29, 0.717) is 17.3 Å². The second-order valence-corrected chi connectivity index (χ2v) is 8.14. The normalized spacial score (nSPS) is 11.1. The summed E-state index contributed by atoms with van der Waals surface area (Å²) in [6.07, 6.45) is 1.74. The van der Waals surface area contributed by atoms with Crippen LogP contribution in [0.4, 0.5) is 5.69 Å². The molecule has 0 unspecified atom stereocenters. The van der Waals surface area contributed by atoms with Crippen LogP contribution in [0.3, 0.4) is 0 Å². The van der Waals surface area contributed by atoms with Gasteiger partial charge < -0.3 is 10.1 Å². The van der Waals surface area contributed by atoms with Crippen molar-refractivity contribution in [3.05, 3.63) is 53.6 Å². The Labute approximate surface area is 165 Å². The van der Waals surface area contributed by atoms with Crippen LogP contribution in [-0.4, -0.2) is 34.5 Å². The molecule has 0 spiro atoms. The fourth-order valence-corrected chi connectivity index (χ4v) is 4.08. The van der Waals surface area contributed by atoms with E-state index in [4.69, 9.17) is 16.3 Å². The molecule has 0 atom stereocenters. The Balaban J connectivity index is 2.46. The fourth-order valence-electron chi connectivity index (χ4n) is 2.47. The number of sulfonamides is 1. The van der Waals surface area contributed by atoms with Gasteiger partial charge in [-0.15, -0.1) is 0 Å². The average Bonchev–Trinajstić information content (AvgIpc) is 2.67. The summed E-state index contributed by atoms with van der Waals surface area (Å²) in [6, 6.07) is 12.6. The Bertz CT molecular complexity index is 873. The number of carbonyl (C=O) groups is 1. The van der Waals surface area contributed by atoms with Gasteiger partial charge in [-0.1, -0.05) is 43.1 Å². The van der Waals surface area contributed by atoms with Crippen LogP contribution < -0.4 is 14.4 Å². The first-order valence-corrected chi connectivity index (χ1v) is 10.4. The summed E-state index contributed by atoms with van der Waals surface area (Å²) in [5, 5.41) is 3.08. The van der Waals surface area contributed by atoms with Gasteiger partial charge in [0.05, 0.1) is 17.7 Å². The lowest BCUT2D eigenvalue weighted by Crippen LogP contribution is -2.41. The van der Waals surface area contributed by atoms with Gasteiger partial charge >= 0.3 is 0 Å². The molecule has 0 aromatic heterocycles. The maximum Gasteiger partial charge on any atom is 0.264 e. The number of halogens is 1. The molecule has 27 heavy (non-hydrogen) atoms. The Morgan fingerprint density at radius 2 is 1.89 bits per heavy atom. The molecule has 2 aromatic rings. The van der Waals surface area contributed by atoms with E-state index in [1.165, 1.54) is 25.3 Å². The number of ether oxygens (including phenoxy) is 1. The van der Waals surface area contributed by atoms with Crippen LogP contribution in [0.1, 0.15) is 19.8 Å². The van der Waals surface area contributed by atoms with Gasteiger partial charge in [0.25, 0.3) is 10.0 Å². The molecule has 146 valence electrons. The maximum atomic E-state index is 13.2. The molecule has 1 N–H and O–H groups in total. The largest absolute Gasteiger partial charge is 0.495 e. The van der Waals surface area contributed by atoms with Crippen molar-refractivity contribution in [2.24, 2.45) is 0 Å². The molecule has 6 nitrogen and oxygen atoms in total. The Hall–Kier alpha value is -2.25. The summed E-state index contributed by atoms with van der Waals surface area (Å²) in [5.74, 6) is -0.0924. The van der Waals surface area contributed by atoms with Crippen molar-refractivity contribution in [3.8, 4) is 5.75 Å². The second-order valence-electron chi connectivity index (χ2n) is 5.84. The Kier molecular flexibility index (Phi) is 7.50. The molecule has 0 aliphatic carbocycles. The molecule has 1 amide bonds. The van der Waals surface area contributed by atoms with E-state index in [1.54, 1.807) is 30.3 Å². The summed E-state index contributed by atoms with van der Waals surface area (Å²) in [5.41, 5.74) is 0.208. The third-order valence-corrected chi connectivity index (χ3v) is 5.89. The predicted octanol–water partition coefficient (Wildman–Crippen LogP) is 3.46. The van der Waals surface area contributed by atoms with Crippen LogP contribution in [0.5, 0.6) is 5.75 Å². The summed E-state index contributed by atoms with van der Waals surface area (Å²) < 4.78 is 32.8. The van der Waals surface area contributed by atoms with Crippen LogP contribution in [0, 0.1) is 0 Å². The molecule has 2 aromatic carbocycles. The number of methoxy groups -OCH3 is 1. The molecule has 0 radical (unpaired) electrons.